The molecule has 21 heavy (non-hydrogen) atoms. The lowest BCUT2D eigenvalue weighted by molar-refractivity contribution is -0.137. The number of rotatable bonds is 2. The summed E-state index contributed by atoms with van der Waals surface area (Å²) in [4.78, 5) is 15.1. The van der Waals surface area contributed by atoms with Gasteiger partial charge in [0, 0.05) is 19.1 Å². The Morgan fingerprint density at radius 3 is 2.95 bits per heavy atom. The Kier molecular flexibility index (Phi) is 4.29. The molecule has 2 aliphatic rings. The van der Waals surface area contributed by atoms with E-state index in [9.17, 15) is 4.79 Å². The molecule has 0 radical (unpaired) electrons. The van der Waals surface area contributed by atoms with Crippen molar-refractivity contribution >= 4 is 5.91 Å². The average Bonchev–Trinajstić information content (AvgIpc) is 2.53. The van der Waals surface area contributed by atoms with E-state index >= 15 is 0 Å². The molecule has 2 N–H and O–H groups in total. The van der Waals surface area contributed by atoms with Gasteiger partial charge in [-0.05, 0) is 49.1 Å². The van der Waals surface area contributed by atoms with Crippen LogP contribution in [-0.4, -0.2) is 29.9 Å². The predicted octanol–water partition coefficient (Wildman–Crippen LogP) is 2.69. The van der Waals surface area contributed by atoms with Gasteiger partial charge in [0.1, 0.15) is 0 Å². The molecule has 0 aromatic heterocycles. The summed E-state index contributed by atoms with van der Waals surface area (Å²) in [5.74, 6) is 1.04. The molecule has 0 bridgehead atoms. The van der Waals surface area contributed by atoms with E-state index < -0.39 is 0 Å². The van der Waals surface area contributed by atoms with Crippen molar-refractivity contribution in [3.05, 3.63) is 35.4 Å². The van der Waals surface area contributed by atoms with Crippen LogP contribution in [0.25, 0.3) is 0 Å². The minimum Gasteiger partial charge on any atom is -0.338 e. The molecule has 0 spiro atoms. The second kappa shape index (κ2) is 6.18. The second-order valence-electron chi connectivity index (χ2n) is 6.69. The van der Waals surface area contributed by atoms with Gasteiger partial charge < -0.3 is 10.6 Å². The number of likely N-dealkylation sites (tertiary alicyclic amines) is 1. The molecule has 3 unspecified atom stereocenters. The maximum absolute atomic E-state index is 13.1. The molecule has 3 atom stereocenters. The van der Waals surface area contributed by atoms with E-state index in [0.717, 1.165) is 38.6 Å². The van der Waals surface area contributed by atoms with Gasteiger partial charge in [-0.15, -0.1) is 0 Å². The van der Waals surface area contributed by atoms with Gasteiger partial charge >= 0.3 is 0 Å². The first-order valence-corrected chi connectivity index (χ1v) is 8.29. The fraction of sp³-hybridized carbons (Fsp3) is 0.611. The summed E-state index contributed by atoms with van der Waals surface area (Å²) in [6.45, 7) is 3.73. The quantitative estimate of drug-likeness (QED) is 0.908. The monoisotopic (exact) mass is 286 g/mol. The molecule has 1 heterocycles. The van der Waals surface area contributed by atoms with Crippen molar-refractivity contribution in [3.63, 3.8) is 0 Å². The first kappa shape index (κ1) is 14.6. The maximum Gasteiger partial charge on any atom is 0.230 e. The lowest BCUT2D eigenvalue weighted by Crippen LogP contribution is -2.51. The molecule has 1 saturated heterocycles. The summed E-state index contributed by atoms with van der Waals surface area (Å²) in [6.07, 6.45) is 5.37. The predicted molar refractivity (Wildman–Crippen MR) is 85.1 cm³/mol. The number of amides is 1. The van der Waals surface area contributed by atoms with E-state index in [1.54, 1.807) is 0 Å². The summed E-state index contributed by atoms with van der Waals surface area (Å²) in [6, 6.07) is 8.68. The van der Waals surface area contributed by atoms with Crippen LogP contribution in [0.5, 0.6) is 0 Å². The molecule has 1 fully saturated rings. The van der Waals surface area contributed by atoms with E-state index in [0.29, 0.717) is 18.4 Å². The number of nitrogens with two attached hydrogens (primary N) is 1. The summed E-state index contributed by atoms with van der Waals surface area (Å²) in [5.41, 5.74) is 8.53. The Morgan fingerprint density at radius 1 is 1.33 bits per heavy atom. The number of benzene rings is 1. The van der Waals surface area contributed by atoms with Crippen LogP contribution in [0.4, 0.5) is 0 Å². The van der Waals surface area contributed by atoms with Gasteiger partial charge in [0.05, 0.1) is 5.92 Å². The SMILES string of the molecule is CC1CCN(C(=O)C2CCCc3ccccc32)C(CN)C1. The van der Waals surface area contributed by atoms with Gasteiger partial charge in [0.15, 0.2) is 0 Å². The molecule has 0 saturated carbocycles. The van der Waals surface area contributed by atoms with Crippen LogP contribution in [0.15, 0.2) is 24.3 Å². The third-order valence-corrected chi connectivity index (χ3v) is 5.20. The molecule has 1 aromatic rings. The Morgan fingerprint density at radius 2 is 2.14 bits per heavy atom. The third-order valence-electron chi connectivity index (χ3n) is 5.20. The smallest absolute Gasteiger partial charge is 0.230 e. The molecule has 3 rings (SSSR count). The van der Waals surface area contributed by atoms with E-state index in [2.05, 4.69) is 36.1 Å². The van der Waals surface area contributed by atoms with Crippen molar-refractivity contribution in [2.45, 2.75) is 51.0 Å². The Balaban J connectivity index is 1.82. The summed E-state index contributed by atoms with van der Waals surface area (Å²) in [5, 5.41) is 0. The number of nitrogens with zero attached hydrogens (tertiary/aromatic N) is 1. The maximum atomic E-state index is 13.1. The number of carbonyl (C=O) groups is 1. The lowest BCUT2D eigenvalue weighted by Gasteiger charge is -2.40. The highest BCUT2D eigenvalue weighted by Gasteiger charge is 2.35. The second-order valence-corrected chi connectivity index (χ2v) is 6.69. The first-order valence-electron chi connectivity index (χ1n) is 8.29. The molecule has 114 valence electrons. The van der Waals surface area contributed by atoms with Crippen LogP contribution >= 0.6 is 0 Å². The Labute approximate surface area is 127 Å². The van der Waals surface area contributed by atoms with Crippen molar-refractivity contribution in [2.75, 3.05) is 13.1 Å². The van der Waals surface area contributed by atoms with Crippen molar-refractivity contribution in [3.8, 4) is 0 Å². The van der Waals surface area contributed by atoms with Gasteiger partial charge in [-0.2, -0.15) is 0 Å². The third kappa shape index (κ3) is 2.84. The molecule has 1 amide bonds. The summed E-state index contributed by atoms with van der Waals surface area (Å²) in [7, 11) is 0. The van der Waals surface area contributed by atoms with Crippen molar-refractivity contribution in [1.29, 1.82) is 0 Å². The van der Waals surface area contributed by atoms with E-state index in [-0.39, 0.29) is 12.0 Å². The summed E-state index contributed by atoms with van der Waals surface area (Å²) >= 11 is 0. The molecular formula is C18H26N2O. The number of fused-ring (bicyclic) bond motifs is 1. The number of piperidine rings is 1. The van der Waals surface area contributed by atoms with E-state index in [4.69, 9.17) is 5.73 Å². The van der Waals surface area contributed by atoms with Gasteiger partial charge in [0.2, 0.25) is 5.91 Å². The molecule has 1 aromatic carbocycles. The largest absolute Gasteiger partial charge is 0.338 e. The summed E-state index contributed by atoms with van der Waals surface area (Å²) < 4.78 is 0. The molecule has 3 heteroatoms. The van der Waals surface area contributed by atoms with Crippen molar-refractivity contribution in [1.82, 2.24) is 4.90 Å². The zero-order valence-corrected chi connectivity index (χ0v) is 12.9. The molecular weight excluding hydrogens is 260 g/mol. The zero-order valence-electron chi connectivity index (χ0n) is 12.9. The average molecular weight is 286 g/mol. The first-order chi connectivity index (χ1) is 10.2. The number of carbonyl (C=O) groups excluding carboxylic acids is 1. The molecule has 3 nitrogen and oxygen atoms in total. The highest BCUT2D eigenvalue weighted by molar-refractivity contribution is 5.85. The van der Waals surface area contributed by atoms with E-state index in [1.165, 1.54) is 11.1 Å². The van der Waals surface area contributed by atoms with Crippen molar-refractivity contribution < 1.29 is 4.79 Å². The van der Waals surface area contributed by atoms with Gasteiger partial charge in [-0.3, -0.25) is 4.79 Å². The lowest BCUT2D eigenvalue weighted by atomic mass is 9.81. The Bertz CT molecular complexity index is 514. The highest BCUT2D eigenvalue weighted by Crippen LogP contribution is 2.34. The van der Waals surface area contributed by atoms with Crippen LogP contribution in [-0.2, 0) is 11.2 Å². The van der Waals surface area contributed by atoms with Gasteiger partial charge in [-0.25, -0.2) is 0 Å². The van der Waals surface area contributed by atoms with Crippen LogP contribution in [0.1, 0.15) is 49.7 Å². The number of hydrogen-bond acceptors (Lipinski definition) is 2. The van der Waals surface area contributed by atoms with Crippen LogP contribution in [0, 0.1) is 5.92 Å². The fourth-order valence-corrected chi connectivity index (χ4v) is 3.98. The van der Waals surface area contributed by atoms with Crippen molar-refractivity contribution in [2.24, 2.45) is 11.7 Å². The van der Waals surface area contributed by atoms with Crippen LogP contribution < -0.4 is 5.73 Å². The van der Waals surface area contributed by atoms with Gasteiger partial charge in [0.25, 0.3) is 0 Å². The number of aryl methyl sites for hydroxylation is 1. The number of hydrogen-bond donors (Lipinski definition) is 1. The minimum absolute atomic E-state index is 0.0532. The standard InChI is InChI=1S/C18H26N2O/c1-13-9-10-20(15(11-13)12-19)18(21)17-8-4-6-14-5-2-3-7-16(14)17/h2-3,5,7,13,15,17H,4,6,8-12,19H2,1H3. The van der Waals surface area contributed by atoms with Gasteiger partial charge in [-0.1, -0.05) is 31.2 Å². The normalized spacial score (nSPS) is 29.0. The Hall–Kier alpha value is -1.35. The molecule has 1 aliphatic carbocycles. The highest BCUT2D eigenvalue weighted by atomic mass is 16.2. The van der Waals surface area contributed by atoms with E-state index in [1.807, 2.05) is 0 Å². The van der Waals surface area contributed by atoms with Crippen LogP contribution in [0.2, 0.25) is 0 Å². The zero-order chi connectivity index (χ0) is 14.8. The van der Waals surface area contributed by atoms with Crippen LogP contribution in [0.3, 0.4) is 0 Å². The minimum atomic E-state index is 0.0532. The topological polar surface area (TPSA) is 46.3 Å². The molecule has 1 aliphatic heterocycles. The fourth-order valence-electron chi connectivity index (χ4n) is 3.98.